The van der Waals surface area contributed by atoms with Gasteiger partial charge in [-0.2, -0.15) is 0 Å². The van der Waals surface area contributed by atoms with Crippen LogP contribution in [0.25, 0.3) is 0 Å². The molecular weight excluding hydrogens is 192 g/mol. The van der Waals surface area contributed by atoms with Crippen molar-refractivity contribution in [2.24, 2.45) is 0 Å². The highest BCUT2D eigenvalue weighted by Crippen LogP contribution is 2.03. The zero-order valence-corrected chi connectivity index (χ0v) is 7.97. The van der Waals surface area contributed by atoms with Crippen molar-refractivity contribution in [2.75, 3.05) is 5.32 Å². The second-order valence-electron chi connectivity index (χ2n) is 3.04. The van der Waals surface area contributed by atoms with E-state index in [9.17, 15) is 4.79 Å². The van der Waals surface area contributed by atoms with Crippen LogP contribution in [0.15, 0.2) is 41.8 Å². The summed E-state index contributed by atoms with van der Waals surface area (Å²) in [4.78, 5) is 21.2. The van der Waals surface area contributed by atoms with E-state index in [4.69, 9.17) is 0 Å². The van der Waals surface area contributed by atoms with E-state index in [0.717, 1.165) is 11.3 Å². The Morgan fingerprint density at radius 3 is 2.73 bits per heavy atom. The summed E-state index contributed by atoms with van der Waals surface area (Å²) < 4.78 is 0. The maximum Gasteiger partial charge on any atom is 0.247 e. The molecule has 0 unspecified atom stereocenters. The summed E-state index contributed by atoms with van der Waals surface area (Å²) in [5, 5.41) is 3.13. The predicted octanol–water partition coefficient (Wildman–Crippen LogP) is 0.777. The normalized spacial score (nSPS) is 9.87. The van der Waals surface area contributed by atoms with Crippen LogP contribution < -0.4 is 10.9 Å². The van der Waals surface area contributed by atoms with Gasteiger partial charge in [0.1, 0.15) is 6.33 Å². The molecular formula is C10H10N4O. The van der Waals surface area contributed by atoms with Crippen molar-refractivity contribution < 1.29 is 0 Å². The van der Waals surface area contributed by atoms with Gasteiger partial charge >= 0.3 is 0 Å². The molecule has 76 valence electrons. The number of aromatic nitrogens is 3. The van der Waals surface area contributed by atoms with Crippen LogP contribution in [0.4, 0.5) is 5.69 Å². The Morgan fingerprint density at radius 2 is 2.07 bits per heavy atom. The lowest BCUT2D eigenvalue weighted by Gasteiger charge is -2.04. The third-order valence-corrected chi connectivity index (χ3v) is 1.91. The van der Waals surface area contributed by atoms with Crippen molar-refractivity contribution in [1.29, 1.82) is 0 Å². The van der Waals surface area contributed by atoms with Crippen LogP contribution in [0.3, 0.4) is 0 Å². The summed E-state index contributed by atoms with van der Waals surface area (Å²) in [6.45, 7) is 0.629. The molecule has 0 spiro atoms. The molecule has 15 heavy (non-hydrogen) atoms. The largest absolute Gasteiger partial charge is 0.378 e. The van der Waals surface area contributed by atoms with Gasteiger partial charge in [-0.25, -0.2) is 9.97 Å². The summed E-state index contributed by atoms with van der Waals surface area (Å²) in [6.07, 6.45) is 6.54. The standard InChI is InChI=1S/C10H10N4O/c15-10-2-1-8(4-14-10)3-13-9-5-11-7-12-6-9/h1-2,4-7,13H,3H2,(H,14,15). The monoisotopic (exact) mass is 202 g/mol. The molecule has 0 aliphatic carbocycles. The number of anilines is 1. The Labute approximate surface area is 86.2 Å². The maximum absolute atomic E-state index is 10.8. The van der Waals surface area contributed by atoms with Crippen LogP contribution in [0.2, 0.25) is 0 Å². The fraction of sp³-hybridized carbons (Fsp3) is 0.100. The molecule has 0 atom stereocenters. The Hall–Kier alpha value is -2.17. The number of hydrogen-bond acceptors (Lipinski definition) is 4. The van der Waals surface area contributed by atoms with Crippen molar-refractivity contribution in [3.8, 4) is 0 Å². The Balaban J connectivity index is 1.99. The number of pyridine rings is 1. The van der Waals surface area contributed by atoms with Crippen LogP contribution in [-0.2, 0) is 6.54 Å². The average Bonchev–Trinajstić information content (AvgIpc) is 2.30. The van der Waals surface area contributed by atoms with Gasteiger partial charge in [0, 0.05) is 18.8 Å². The van der Waals surface area contributed by atoms with Crippen molar-refractivity contribution in [3.63, 3.8) is 0 Å². The zero-order valence-electron chi connectivity index (χ0n) is 7.97. The van der Waals surface area contributed by atoms with Gasteiger partial charge in [0.25, 0.3) is 0 Å². The van der Waals surface area contributed by atoms with Crippen molar-refractivity contribution in [3.05, 3.63) is 53.0 Å². The molecule has 0 saturated carbocycles. The summed E-state index contributed by atoms with van der Waals surface area (Å²) in [5.41, 5.74) is 1.75. The van der Waals surface area contributed by atoms with Gasteiger partial charge in [-0.3, -0.25) is 4.79 Å². The Morgan fingerprint density at radius 1 is 1.27 bits per heavy atom. The summed E-state index contributed by atoms with van der Waals surface area (Å²) in [5.74, 6) is 0. The van der Waals surface area contributed by atoms with E-state index in [-0.39, 0.29) is 5.56 Å². The van der Waals surface area contributed by atoms with Gasteiger partial charge < -0.3 is 10.3 Å². The second-order valence-corrected chi connectivity index (χ2v) is 3.04. The molecule has 0 aliphatic rings. The molecule has 0 aromatic carbocycles. The molecule has 5 heteroatoms. The number of hydrogen-bond donors (Lipinski definition) is 2. The number of nitrogens with one attached hydrogen (secondary N) is 2. The Bertz CT molecular complexity index is 460. The van der Waals surface area contributed by atoms with E-state index in [1.165, 1.54) is 12.4 Å². The molecule has 0 bridgehead atoms. The first kappa shape index (κ1) is 9.39. The minimum atomic E-state index is -0.0956. The van der Waals surface area contributed by atoms with Crippen LogP contribution in [0.5, 0.6) is 0 Å². The average molecular weight is 202 g/mol. The fourth-order valence-electron chi connectivity index (χ4n) is 1.15. The van der Waals surface area contributed by atoms with Crippen molar-refractivity contribution in [1.82, 2.24) is 15.0 Å². The molecule has 0 amide bonds. The smallest absolute Gasteiger partial charge is 0.247 e. The lowest BCUT2D eigenvalue weighted by Crippen LogP contribution is -2.06. The van der Waals surface area contributed by atoms with Crippen LogP contribution >= 0.6 is 0 Å². The SMILES string of the molecule is O=c1ccc(CNc2cncnc2)c[nH]1. The lowest BCUT2D eigenvalue weighted by molar-refractivity contribution is 1.07. The molecule has 0 radical (unpaired) electrons. The highest BCUT2D eigenvalue weighted by atomic mass is 16.1. The second kappa shape index (κ2) is 4.36. The number of H-pyrrole nitrogens is 1. The predicted molar refractivity (Wildman–Crippen MR) is 56.4 cm³/mol. The van der Waals surface area contributed by atoms with Gasteiger partial charge in [-0.15, -0.1) is 0 Å². The number of rotatable bonds is 3. The van der Waals surface area contributed by atoms with Crippen LogP contribution in [-0.4, -0.2) is 15.0 Å². The fourth-order valence-corrected chi connectivity index (χ4v) is 1.15. The summed E-state index contributed by atoms with van der Waals surface area (Å²) >= 11 is 0. The first-order chi connectivity index (χ1) is 7.34. The molecule has 5 nitrogen and oxygen atoms in total. The van der Waals surface area contributed by atoms with Crippen LogP contribution in [0, 0.1) is 0 Å². The first-order valence-corrected chi connectivity index (χ1v) is 4.51. The topological polar surface area (TPSA) is 70.7 Å². The Kier molecular flexibility index (Phi) is 2.73. The number of aromatic amines is 1. The first-order valence-electron chi connectivity index (χ1n) is 4.51. The van der Waals surface area contributed by atoms with E-state index < -0.39 is 0 Å². The third-order valence-electron chi connectivity index (χ3n) is 1.91. The van der Waals surface area contributed by atoms with E-state index in [1.54, 1.807) is 24.7 Å². The molecule has 0 aliphatic heterocycles. The van der Waals surface area contributed by atoms with E-state index in [2.05, 4.69) is 20.3 Å². The molecule has 0 fully saturated rings. The van der Waals surface area contributed by atoms with Gasteiger partial charge in [0.2, 0.25) is 5.56 Å². The molecule has 2 heterocycles. The minimum Gasteiger partial charge on any atom is -0.378 e. The van der Waals surface area contributed by atoms with E-state index >= 15 is 0 Å². The summed E-state index contributed by atoms with van der Waals surface area (Å²) in [7, 11) is 0. The highest BCUT2D eigenvalue weighted by Gasteiger charge is 1.93. The molecule has 0 saturated heterocycles. The van der Waals surface area contributed by atoms with Gasteiger partial charge in [-0.1, -0.05) is 6.07 Å². The van der Waals surface area contributed by atoms with Crippen LogP contribution in [0.1, 0.15) is 5.56 Å². The summed E-state index contributed by atoms with van der Waals surface area (Å²) in [6, 6.07) is 3.27. The maximum atomic E-state index is 10.8. The quantitative estimate of drug-likeness (QED) is 0.771. The van der Waals surface area contributed by atoms with Gasteiger partial charge in [0.05, 0.1) is 18.1 Å². The molecule has 2 rings (SSSR count). The van der Waals surface area contributed by atoms with E-state index in [1.807, 2.05) is 0 Å². The molecule has 2 aromatic heterocycles. The number of nitrogens with zero attached hydrogens (tertiary/aromatic N) is 2. The molecule has 2 aromatic rings. The van der Waals surface area contributed by atoms with Gasteiger partial charge in [0.15, 0.2) is 0 Å². The van der Waals surface area contributed by atoms with Gasteiger partial charge in [-0.05, 0) is 5.56 Å². The third kappa shape index (κ3) is 2.63. The highest BCUT2D eigenvalue weighted by molar-refractivity contribution is 5.37. The van der Waals surface area contributed by atoms with E-state index in [0.29, 0.717) is 6.54 Å². The minimum absolute atomic E-state index is 0.0956. The van der Waals surface area contributed by atoms with Crippen molar-refractivity contribution in [2.45, 2.75) is 6.54 Å². The zero-order chi connectivity index (χ0) is 10.5. The lowest BCUT2D eigenvalue weighted by atomic mass is 10.3. The van der Waals surface area contributed by atoms with Crippen molar-refractivity contribution >= 4 is 5.69 Å². The molecule has 2 N–H and O–H groups in total.